The number of benzene rings is 1. The largest absolute Gasteiger partial charge is 0.490 e. The molecule has 19 heavy (non-hydrogen) atoms. The van der Waals surface area contributed by atoms with E-state index < -0.39 is 11.6 Å². The molecule has 4 heteroatoms. The van der Waals surface area contributed by atoms with Crippen molar-refractivity contribution < 1.29 is 19.7 Å². The first-order valence-electron chi connectivity index (χ1n) is 6.66. The van der Waals surface area contributed by atoms with E-state index in [9.17, 15) is 9.90 Å². The smallest absolute Gasteiger partial charge is 0.306 e. The molecule has 1 aromatic carbocycles. The zero-order valence-electron chi connectivity index (χ0n) is 11.2. The molecule has 1 aliphatic carbocycles. The summed E-state index contributed by atoms with van der Waals surface area (Å²) in [7, 11) is 0. The van der Waals surface area contributed by atoms with Crippen LogP contribution in [0.2, 0.25) is 0 Å². The van der Waals surface area contributed by atoms with E-state index in [1.165, 1.54) is 24.5 Å². The van der Waals surface area contributed by atoms with Crippen molar-refractivity contribution in [3.05, 3.63) is 29.3 Å². The highest BCUT2D eigenvalue weighted by molar-refractivity contribution is 5.68. The Balaban J connectivity index is 2.05. The van der Waals surface area contributed by atoms with Gasteiger partial charge in [-0.1, -0.05) is 12.1 Å². The normalized spacial score (nSPS) is 17.4. The number of carboxylic acid groups (broad SMARTS) is 1. The zero-order valence-corrected chi connectivity index (χ0v) is 11.2. The lowest BCUT2D eigenvalue weighted by Crippen LogP contribution is -2.35. The predicted molar refractivity (Wildman–Crippen MR) is 71.5 cm³/mol. The van der Waals surface area contributed by atoms with Crippen molar-refractivity contribution in [3.8, 4) is 5.75 Å². The molecule has 0 aromatic heterocycles. The topological polar surface area (TPSA) is 66.8 Å². The minimum Gasteiger partial charge on any atom is -0.490 e. The molecule has 104 valence electrons. The molecule has 2 rings (SSSR count). The SMILES string of the molecule is CC(O)(COc1cccc2c1CCCC2)CC(=O)O. The Kier molecular flexibility index (Phi) is 4.10. The summed E-state index contributed by atoms with van der Waals surface area (Å²) in [6.07, 6.45) is 4.10. The van der Waals surface area contributed by atoms with E-state index in [1.807, 2.05) is 12.1 Å². The Labute approximate surface area is 113 Å². The van der Waals surface area contributed by atoms with Crippen LogP contribution < -0.4 is 4.74 Å². The second-order valence-electron chi connectivity index (χ2n) is 5.46. The molecule has 0 fully saturated rings. The third-order valence-electron chi connectivity index (χ3n) is 3.42. The van der Waals surface area contributed by atoms with Gasteiger partial charge in [0.25, 0.3) is 0 Å². The van der Waals surface area contributed by atoms with Gasteiger partial charge in [0, 0.05) is 0 Å². The van der Waals surface area contributed by atoms with Crippen LogP contribution in [0, 0.1) is 0 Å². The molecule has 0 radical (unpaired) electrons. The molecular weight excluding hydrogens is 244 g/mol. The number of carboxylic acids is 1. The minimum absolute atomic E-state index is 0.00421. The van der Waals surface area contributed by atoms with E-state index in [1.54, 1.807) is 0 Å². The van der Waals surface area contributed by atoms with Gasteiger partial charge in [-0.25, -0.2) is 0 Å². The average Bonchev–Trinajstić information content (AvgIpc) is 2.35. The van der Waals surface area contributed by atoms with Crippen molar-refractivity contribution in [2.45, 2.75) is 44.6 Å². The van der Waals surface area contributed by atoms with E-state index in [0.717, 1.165) is 25.0 Å². The van der Waals surface area contributed by atoms with Crippen LogP contribution in [0.25, 0.3) is 0 Å². The van der Waals surface area contributed by atoms with Crippen LogP contribution in [0.5, 0.6) is 5.75 Å². The van der Waals surface area contributed by atoms with Gasteiger partial charge in [-0.15, -0.1) is 0 Å². The number of hydrogen-bond donors (Lipinski definition) is 2. The van der Waals surface area contributed by atoms with E-state index in [2.05, 4.69) is 6.07 Å². The molecule has 1 atom stereocenters. The summed E-state index contributed by atoms with van der Waals surface area (Å²) in [5.41, 5.74) is 1.17. The molecule has 1 aliphatic rings. The first-order chi connectivity index (χ1) is 8.98. The minimum atomic E-state index is -1.34. The van der Waals surface area contributed by atoms with Crippen LogP contribution >= 0.6 is 0 Å². The first-order valence-corrected chi connectivity index (χ1v) is 6.66. The maximum Gasteiger partial charge on any atom is 0.306 e. The third kappa shape index (κ3) is 3.70. The third-order valence-corrected chi connectivity index (χ3v) is 3.42. The van der Waals surface area contributed by atoms with Gasteiger partial charge in [0.2, 0.25) is 0 Å². The number of fused-ring (bicyclic) bond motifs is 1. The Morgan fingerprint density at radius 2 is 2.11 bits per heavy atom. The molecule has 0 bridgehead atoms. The number of hydrogen-bond acceptors (Lipinski definition) is 3. The highest BCUT2D eigenvalue weighted by Crippen LogP contribution is 2.30. The second-order valence-corrected chi connectivity index (χ2v) is 5.46. The Bertz CT molecular complexity index is 465. The van der Waals surface area contributed by atoms with Gasteiger partial charge in [0.1, 0.15) is 18.0 Å². The molecule has 1 unspecified atom stereocenters. The summed E-state index contributed by atoms with van der Waals surface area (Å²) in [5, 5.41) is 18.7. The Hall–Kier alpha value is -1.55. The summed E-state index contributed by atoms with van der Waals surface area (Å²) in [6, 6.07) is 5.95. The monoisotopic (exact) mass is 264 g/mol. The molecule has 1 aromatic rings. The average molecular weight is 264 g/mol. The fraction of sp³-hybridized carbons (Fsp3) is 0.533. The van der Waals surface area contributed by atoms with Crippen LogP contribution in [0.1, 0.15) is 37.3 Å². The molecule has 0 saturated heterocycles. The van der Waals surface area contributed by atoms with Gasteiger partial charge in [-0.3, -0.25) is 4.79 Å². The van der Waals surface area contributed by atoms with Crippen molar-refractivity contribution in [1.82, 2.24) is 0 Å². The highest BCUT2D eigenvalue weighted by atomic mass is 16.5. The van der Waals surface area contributed by atoms with Gasteiger partial charge in [-0.2, -0.15) is 0 Å². The van der Waals surface area contributed by atoms with E-state index in [-0.39, 0.29) is 13.0 Å². The van der Waals surface area contributed by atoms with Crippen molar-refractivity contribution >= 4 is 5.97 Å². The molecule has 0 heterocycles. The summed E-state index contributed by atoms with van der Waals surface area (Å²) >= 11 is 0. The maximum absolute atomic E-state index is 10.6. The number of aliphatic carboxylic acids is 1. The standard InChI is InChI=1S/C15H20O4/c1-15(18,9-14(16)17)10-19-13-8-4-6-11-5-2-3-7-12(11)13/h4,6,8,18H,2-3,5,7,9-10H2,1H3,(H,16,17). The van der Waals surface area contributed by atoms with Gasteiger partial charge in [-0.05, 0) is 49.8 Å². The fourth-order valence-corrected chi connectivity index (χ4v) is 2.49. The summed E-state index contributed by atoms with van der Waals surface area (Å²) in [6.45, 7) is 1.48. The fourth-order valence-electron chi connectivity index (χ4n) is 2.49. The van der Waals surface area contributed by atoms with Gasteiger partial charge in [0.15, 0.2) is 0 Å². The van der Waals surface area contributed by atoms with E-state index >= 15 is 0 Å². The lowest BCUT2D eigenvalue weighted by Gasteiger charge is -2.24. The van der Waals surface area contributed by atoms with Gasteiger partial charge < -0.3 is 14.9 Å². The van der Waals surface area contributed by atoms with Crippen LogP contribution in [0.3, 0.4) is 0 Å². The van der Waals surface area contributed by atoms with Crippen LogP contribution in [-0.2, 0) is 17.6 Å². The van der Waals surface area contributed by atoms with Gasteiger partial charge >= 0.3 is 5.97 Å². The number of ether oxygens (including phenoxy) is 1. The van der Waals surface area contributed by atoms with Crippen molar-refractivity contribution in [1.29, 1.82) is 0 Å². The Morgan fingerprint density at radius 1 is 1.37 bits per heavy atom. The van der Waals surface area contributed by atoms with E-state index in [0.29, 0.717) is 0 Å². The van der Waals surface area contributed by atoms with Crippen molar-refractivity contribution in [3.63, 3.8) is 0 Å². The highest BCUT2D eigenvalue weighted by Gasteiger charge is 2.26. The number of aliphatic hydroxyl groups is 1. The van der Waals surface area contributed by atoms with Crippen LogP contribution in [0.4, 0.5) is 0 Å². The molecule has 2 N–H and O–H groups in total. The van der Waals surface area contributed by atoms with Crippen LogP contribution in [0.15, 0.2) is 18.2 Å². The molecule has 0 aliphatic heterocycles. The lowest BCUT2D eigenvalue weighted by atomic mass is 9.91. The summed E-state index contributed by atoms with van der Waals surface area (Å²) < 4.78 is 5.66. The number of aryl methyl sites for hydroxylation is 1. The quantitative estimate of drug-likeness (QED) is 0.855. The van der Waals surface area contributed by atoms with Gasteiger partial charge in [0.05, 0.1) is 6.42 Å². The first kappa shape index (κ1) is 13.9. The zero-order chi connectivity index (χ0) is 13.9. The molecule has 0 spiro atoms. The molecular formula is C15H20O4. The second kappa shape index (κ2) is 5.61. The predicted octanol–water partition coefficient (Wildman–Crippen LogP) is 2.17. The lowest BCUT2D eigenvalue weighted by molar-refractivity contribution is -0.143. The van der Waals surface area contributed by atoms with Crippen LogP contribution in [-0.4, -0.2) is 28.4 Å². The van der Waals surface area contributed by atoms with Crippen molar-refractivity contribution in [2.24, 2.45) is 0 Å². The Morgan fingerprint density at radius 3 is 2.84 bits per heavy atom. The van der Waals surface area contributed by atoms with E-state index in [4.69, 9.17) is 9.84 Å². The summed E-state index contributed by atoms with van der Waals surface area (Å²) in [5.74, 6) is -0.244. The molecule has 0 saturated carbocycles. The number of carbonyl (C=O) groups is 1. The van der Waals surface area contributed by atoms with Crippen molar-refractivity contribution in [2.75, 3.05) is 6.61 Å². The molecule has 0 amide bonds. The molecule has 4 nitrogen and oxygen atoms in total. The number of rotatable bonds is 5. The maximum atomic E-state index is 10.6. The summed E-state index contributed by atoms with van der Waals surface area (Å²) in [4.78, 5) is 10.6.